The highest BCUT2D eigenvalue weighted by Crippen LogP contribution is 2.25. The van der Waals surface area contributed by atoms with Crippen molar-refractivity contribution in [2.45, 2.75) is 20.4 Å². The SMILES string of the molecule is COCCNCc1cn[nH]c1-c1cc(C)ccc1C. The van der Waals surface area contributed by atoms with Crippen molar-refractivity contribution < 1.29 is 4.74 Å². The Morgan fingerprint density at radius 1 is 1.32 bits per heavy atom. The third-order valence-corrected chi connectivity index (χ3v) is 3.18. The Hall–Kier alpha value is -1.65. The molecule has 0 fully saturated rings. The molecule has 0 saturated heterocycles. The van der Waals surface area contributed by atoms with Gasteiger partial charge in [0, 0.05) is 31.3 Å². The molecule has 0 radical (unpaired) electrons. The van der Waals surface area contributed by atoms with Crippen molar-refractivity contribution in [3.63, 3.8) is 0 Å². The van der Waals surface area contributed by atoms with E-state index in [1.807, 2.05) is 6.20 Å². The number of nitrogens with zero attached hydrogens (tertiary/aromatic N) is 1. The van der Waals surface area contributed by atoms with Crippen LogP contribution in [0.3, 0.4) is 0 Å². The fourth-order valence-electron chi connectivity index (χ4n) is 2.08. The van der Waals surface area contributed by atoms with Crippen molar-refractivity contribution in [1.82, 2.24) is 15.5 Å². The lowest BCUT2D eigenvalue weighted by Gasteiger charge is -2.09. The Balaban J connectivity index is 2.16. The number of hydrogen-bond donors (Lipinski definition) is 2. The maximum atomic E-state index is 5.03. The Bertz CT molecular complexity index is 534. The molecule has 1 aromatic heterocycles. The second kappa shape index (κ2) is 6.50. The van der Waals surface area contributed by atoms with Gasteiger partial charge in [-0.25, -0.2) is 0 Å². The van der Waals surface area contributed by atoms with E-state index < -0.39 is 0 Å². The Kier molecular flexibility index (Phi) is 4.71. The summed E-state index contributed by atoms with van der Waals surface area (Å²) in [5.74, 6) is 0. The van der Waals surface area contributed by atoms with Gasteiger partial charge in [0.05, 0.1) is 18.5 Å². The van der Waals surface area contributed by atoms with Crippen LogP contribution in [0.4, 0.5) is 0 Å². The molecule has 0 bridgehead atoms. The van der Waals surface area contributed by atoms with E-state index in [9.17, 15) is 0 Å². The van der Waals surface area contributed by atoms with Crippen LogP contribution in [0.25, 0.3) is 11.3 Å². The third kappa shape index (κ3) is 3.43. The number of aromatic amines is 1. The molecule has 0 atom stereocenters. The summed E-state index contributed by atoms with van der Waals surface area (Å²) < 4.78 is 5.03. The van der Waals surface area contributed by atoms with Crippen LogP contribution in [0.2, 0.25) is 0 Å². The molecule has 0 aliphatic rings. The highest BCUT2D eigenvalue weighted by molar-refractivity contribution is 5.67. The number of ether oxygens (including phenoxy) is 1. The van der Waals surface area contributed by atoms with Crippen LogP contribution < -0.4 is 5.32 Å². The molecule has 4 nitrogen and oxygen atoms in total. The number of methoxy groups -OCH3 is 1. The Morgan fingerprint density at radius 2 is 2.16 bits per heavy atom. The molecule has 19 heavy (non-hydrogen) atoms. The second-order valence-electron chi connectivity index (χ2n) is 4.76. The summed E-state index contributed by atoms with van der Waals surface area (Å²) in [7, 11) is 1.71. The van der Waals surface area contributed by atoms with Crippen LogP contribution in [-0.2, 0) is 11.3 Å². The van der Waals surface area contributed by atoms with Gasteiger partial charge in [0.25, 0.3) is 0 Å². The van der Waals surface area contributed by atoms with Gasteiger partial charge in [-0.2, -0.15) is 5.10 Å². The number of rotatable bonds is 6. The van der Waals surface area contributed by atoms with Gasteiger partial charge < -0.3 is 10.1 Å². The average molecular weight is 259 g/mol. The van der Waals surface area contributed by atoms with Gasteiger partial charge in [-0.3, -0.25) is 5.10 Å². The molecule has 0 saturated carbocycles. The van der Waals surface area contributed by atoms with E-state index in [-0.39, 0.29) is 0 Å². The molecule has 1 aromatic carbocycles. The van der Waals surface area contributed by atoms with Crippen molar-refractivity contribution in [3.8, 4) is 11.3 Å². The minimum atomic E-state index is 0.719. The minimum absolute atomic E-state index is 0.719. The van der Waals surface area contributed by atoms with Crippen LogP contribution >= 0.6 is 0 Å². The number of H-pyrrole nitrogens is 1. The van der Waals surface area contributed by atoms with E-state index in [0.29, 0.717) is 0 Å². The molecule has 0 amide bonds. The van der Waals surface area contributed by atoms with Gasteiger partial charge in [-0.05, 0) is 25.5 Å². The van der Waals surface area contributed by atoms with Crippen molar-refractivity contribution in [3.05, 3.63) is 41.1 Å². The predicted octanol–water partition coefficient (Wildman–Crippen LogP) is 2.43. The number of aromatic nitrogens is 2. The Morgan fingerprint density at radius 3 is 2.95 bits per heavy atom. The van der Waals surface area contributed by atoms with Crippen molar-refractivity contribution in [1.29, 1.82) is 0 Å². The summed E-state index contributed by atoms with van der Waals surface area (Å²) in [6.45, 7) is 6.58. The van der Waals surface area contributed by atoms with E-state index in [1.165, 1.54) is 22.3 Å². The molecule has 0 spiro atoms. The first-order valence-corrected chi connectivity index (χ1v) is 6.52. The number of aryl methyl sites for hydroxylation is 2. The number of nitrogens with one attached hydrogen (secondary N) is 2. The van der Waals surface area contributed by atoms with Crippen molar-refractivity contribution >= 4 is 0 Å². The molecule has 2 N–H and O–H groups in total. The predicted molar refractivity (Wildman–Crippen MR) is 77.1 cm³/mol. The van der Waals surface area contributed by atoms with Gasteiger partial charge in [-0.15, -0.1) is 0 Å². The largest absolute Gasteiger partial charge is 0.383 e. The minimum Gasteiger partial charge on any atom is -0.383 e. The summed E-state index contributed by atoms with van der Waals surface area (Å²) in [6.07, 6.45) is 1.89. The third-order valence-electron chi connectivity index (χ3n) is 3.18. The van der Waals surface area contributed by atoms with E-state index in [0.717, 1.165) is 25.4 Å². The topological polar surface area (TPSA) is 49.9 Å². The first-order valence-electron chi connectivity index (χ1n) is 6.52. The first-order chi connectivity index (χ1) is 9.22. The van der Waals surface area contributed by atoms with Crippen LogP contribution in [0, 0.1) is 13.8 Å². The normalized spacial score (nSPS) is 10.9. The fraction of sp³-hybridized carbons (Fsp3) is 0.400. The van der Waals surface area contributed by atoms with Gasteiger partial charge >= 0.3 is 0 Å². The molecular formula is C15H21N3O. The maximum absolute atomic E-state index is 5.03. The quantitative estimate of drug-likeness (QED) is 0.783. The zero-order chi connectivity index (χ0) is 13.7. The van der Waals surface area contributed by atoms with Crippen LogP contribution in [-0.4, -0.2) is 30.5 Å². The molecule has 0 unspecified atom stereocenters. The van der Waals surface area contributed by atoms with E-state index in [1.54, 1.807) is 7.11 Å². The zero-order valence-electron chi connectivity index (χ0n) is 11.8. The van der Waals surface area contributed by atoms with E-state index >= 15 is 0 Å². The molecule has 0 aliphatic heterocycles. The molecule has 0 aliphatic carbocycles. The number of hydrogen-bond acceptors (Lipinski definition) is 3. The van der Waals surface area contributed by atoms with Gasteiger partial charge in [-0.1, -0.05) is 17.7 Å². The molecular weight excluding hydrogens is 238 g/mol. The lowest BCUT2D eigenvalue weighted by atomic mass is 10.0. The van der Waals surface area contributed by atoms with E-state index in [2.05, 4.69) is 47.6 Å². The molecule has 4 heteroatoms. The summed E-state index contributed by atoms with van der Waals surface area (Å²) >= 11 is 0. The lowest BCUT2D eigenvalue weighted by Crippen LogP contribution is -2.18. The molecule has 102 valence electrons. The van der Waals surface area contributed by atoms with Crippen molar-refractivity contribution in [2.24, 2.45) is 0 Å². The number of benzene rings is 1. The average Bonchev–Trinajstić information content (AvgIpc) is 2.86. The van der Waals surface area contributed by atoms with Gasteiger partial charge in [0.1, 0.15) is 0 Å². The standard InChI is InChI=1S/C15H21N3O/c1-11-4-5-12(2)14(8-11)15-13(10-17-18-15)9-16-6-7-19-3/h4-5,8,10,16H,6-7,9H2,1-3H3,(H,17,18). The second-order valence-corrected chi connectivity index (χ2v) is 4.76. The van der Waals surface area contributed by atoms with E-state index in [4.69, 9.17) is 4.74 Å². The molecule has 2 rings (SSSR count). The summed E-state index contributed by atoms with van der Waals surface area (Å²) in [4.78, 5) is 0. The lowest BCUT2D eigenvalue weighted by molar-refractivity contribution is 0.199. The smallest absolute Gasteiger partial charge is 0.0697 e. The summed E-state index contributed by atoms with van der Waals surface area (Å²) in [6, 6.07) is 6.47. The highest BCUT2D eigenvalue weighted by Gasteiger charge is 2.09. The maximum Gasteiger partial charge on any atom is 0.0697 e. The van der Waals surface area contributed by atoms with Crippen LogP contribution in [0.15, 0.2) is 24.4 Å². The van der Waals surface area contributed by atoms with Crippen LogP contribution in [0.5, 0.6) is 0 Å². The zero-order valence-corrected chi connectivity index (χ0v) is 11.8. The van der Waals surface area contributed by atoms with Crippen molar-refractivity contribution in [2.75, 3.05) is 20.3 Å². The fourth-order valence-corrected chi connectivity index (χ4v) is 2.08. The van der Waals surface area contributed by atoms with Crippen LogP contribution in [0.1, 0.15) is 16.7 Å². The molecule has 1 heterocycles. The monoisotopic (exact) mass is 259 g/mol. The summed E-state index contributed by atoms with van der Waals surface area (Å²) in [5.41, 5.74) is 6.03. The molecule has 2 aromatic rings. The highest BCUT2D eigenvalue weighted by atomic mass is 16.5. The Labute approximate surface area is 114 Å². The first kappa shape index (κ1) is 13.8. The van der Waals surface area contributed by atoms with Gasteiger partial charge in [0.15, 0.2) is 0 Å². The summed E-state index contributed by atoms with van der Waals surface area (Å²) in [5, 5.41) is 10.6. The van der Waals surface area contributed by atoms with Gasteiger partial charge in [0.2, 0.25) is 0 Å².